The number of pyridine rings is 1. The maximum atomic E-state index is 13.5. The summed E-state index contributed by atoms with van der Waals surface area (Å²) >= 11 is 3.20. The number of nitrogens with two attached hydrogens (primary N) is 1. The lowest BCUT2D eigenvalue weighted by Gasteiger charge is -2.14. The first-order chi connectivity index (χ1) is 10.1. The molecule has 0 atom stereocenters. The molecular formula is C16H13BrFN3. The fraction of sp³-hybridized carbons (Fsp3) is 0.0625. The van der Waals surface area contributed by atoms with Gasteiger partial charge in [-0.2, -0.15) is 0 Å². The van der Waals surface area contributed by atoms with Crippen LogP contribution < -0.4 is 11.1 Å². The van der Waals surface area contributed by atoms with E-state index in [1.54, 1.807) is 12.3 Å². The molecule has 1 heterocycles. The van der Waals surface area contributed by atoms with Crippen LogP contribution in [0.4, 0.5) is 21.5 Å². The predicted octanol–water partition coefficient (Wildman–Crippen LogP) is 4.77. The Kier molecular flexibility index (Phi) is 3.51. The topological polar surface area (TPSA) is 50.9 Å². The Morgan fingerprint density at radius 2 is 2.00 bits per heavy atom. The molecule has 0 radical (unpaired) electrons. The zero-order chi connectivity index (χ0) is 15.0. The van der Waals surface area contributed by atoms with Crippen LogP contribution in [0.1, 0.15) is 5.56 Å². The van der Waals surface area contributed by atoms with Crippen molar-refractivity contribution >= 4 is 43.9 Å². The molecule has 0 fully saturated rings. The van der Waals surface area contributed by atoms with Gasteiger partial charge in [0.05, 0.1) is 27.6 Å². The van der Waals surface area contributed by atoms with Gasteiger partial charge in [-0.1, -0.05) is 18.2 Å². The first kappa shape index (κ1) is 13.8. The minimum atomic E-state index is -0.286. The minimum Gasteiger partial charge on any atom is -0.396 e. The fourth-order valence-electron chi connectivity index (χ4n) is 2.21. The zero-order valence-corrected chi connectivity index (χ0v) is 12.9. The van der Waals surface area contributed by atoms with E-state index in [9.17, 15) is 4.39 Å². The van der Waals surface area contributed by atoms with E-state index < -0.39 is 0 Å². The summed E-state index contributed by atoms with van der Waals surface area (Å²) in [6.07, 6.45) is 1.62. The molecule has 3 nitrogen and oxygen atoms in total. The molecule has 0 aliphatic heterocycles. The number of para-hydroxylation sites is 1. The number of hydrogen-bond acceptors (Lipinski definition) is 3. The molecule has 3 rings (SSSR count). The Hall–Kier alpha value is -2.14. The SMILES string of the molecule is Cc1cc(F)c(Br)cc1Nc1c(N)cnc2ccccc12. The van der Waals surface area contributed by atoms with Gasteiger partial charge in [-0.3, -0.25) is 4.98 Å². The van der Waals surface area contributed by atoms with Crippen molar-refractivity contribution in [3.05, 3.63) is 58.4 Å². The number of fused-ring (bicyclic) bond motifs is 1. The van der Waals surface area contributed by atoms with Gasteiger partial charge in [0.2, 0.25) is 0 Å². The molecule has 21 heavy (non-hydrogen) atoms. The summed E-state index contributed by atoms with van der Waals surface area (Å²) in [5.41, 5.74) is 9.83. The van der Waals surface area contributed by atoms with Crippen LogP contribution in [-0.2, 0) is 0 Å². The van der Waals surface area contributed by atoms with Gasteiger partial charge in [-0.05, 0) is 46.6 Å². The summed E-state index contributed by atoms with van der Waals surface area (Å²) < 4.78 is 13.9. The molecule has 3 N–H and O–H groups in total. The van der Waals surface area contributed by atoms with E-state index in [0.29, 0.717) is 10.2 Å². The average molecular weight is 346 g/mol. The molecular weight excluding hydrogens is 333 g/mol. The van der Waals surface area contributed by atoms with Gasteiger partial charge < -0.3 is 11.1 Å². The van der Waals surface area contributed by atoms with Crippen LogP contribution in [0.5, 0.6) is 0 Å². The van der Waals surface area contributed by atoms with Crippen LogP contribution in [0, 0.1) is 12.7 Å². The zero-order valence-electron chi connectivity index (χ0n) is 11.3. The van der Waals surface area contributed by atoms with Gasteiger partial charge in [0.15, 0.2) is 0 Å². The highest BCUT2D eigenvalue weighted by atomic mass is 79.9. The monoisotopic (exact) mass is 345 g/mol. The van der Waals surface area contributed by atoms with Gasteiger partial charge >= 0.3 is 0 Å². The van der Waals surface area contributed by atoms with Gasteiger partial charge in [0.1, 0.15) is 5.82 Å². The first-order valence-corrected chi connectivity index (χ1v) is 7.21. The number of nitrogens with one attached hydrogen (secondary N) is 1. The quantitative estimate of drug-likeness (QED) is 0.703. The number of anilines is 3. The highest BCUT2D eigenvalue weighted by molar-refractivity contribution is 9.10. The third kappa shape index (κ3) is 2.56. The summed E-state index contributed by atoms with van der Waals surface area (Å²) in [4.78, 5) is 4.30. The Balaban J connectivity index is 2.14. The molecule has 3 aromatic rings. The van der Waals surface area contributed by atoms with Crippen LogP contribution in [0.2, 0.25) is 0 Å². The summed E-state index contributed by atoms with van der Waals surface area (Å²) in [5.74, 6) is -0.286. The van der Waals surface area contributed by atoms with E-state index in [1.165, 1.54) is 6.07 Å². The number of aromatic nitrogens is 1. The van der Waals surface area contributed by atoms with Crippen molar-refractivity contribution in [1.29, 1.82) is 0 Å². The van der Waals surface area contributed by atoms with Gasteiger partial charge in [-0.15, -0.1) is 0 Å². The normalized spacial score (nSPS) is 10.8. The van der Waals surface area contributed by atoms with Crippen molar-refractivity contribution in [1.82, 2.24) is 4.98 Å². The lowest BCUT2D eigenvalue weighted by atomic mass is 10.1. The second-order valence-electron chi connectivity index (χ2n) is 4.81. The molecule has 0 spiro atoms. The molecule has 0 aliphatic rings. The predicted molar refractivity (Wildman–Crippen MR) is 88.3 cm³/mol. The smallest absolute Gasteiger partial charge is 0.137 e. The minimum absolute atomic E-state index is 0.286. The third-order valence-electron chi connectivity index (χ3n) is 3.33. The van der Waals surface area contributed by atoms with Crippen molar-refractivity contribution in [3.63, 3.8) is 0 Å². The maximum Gasteiger partial charge on any atom is 0.137 e. The van der Waals surface area contributed by atoms with Crippen molar-refractivity contribution in [2.75, 3.05) is 11.1 Å². The largest absolute Gasteiger partial charge is 0.396 e. The van der Waals surface area contributed by atoms with E-state index in [1.807, 2.05) is 31.2 Å². The van der Waals surface area contributed by atoms with Crippen LogP contribution >= 0.6 is 15.9 Å². The molecule has 5 heteroatoms. The Morgan fingerprint density at radius 3 is 2.81 bits per heavy atom. The number of rotatable bonds is 2. The molecule has 0 aliphatic carbocycles. The van der Waals surface area contributed by atoms with Crippen LogP contribution in [0.15, 0.2) is 47.1 Å². The van der Waals surface area contributed by atoms with Crippen molar-refractivity contribution in [2.45, 2.75) is 6.92 Å². The van der Waals surface area contributed by atoms with Crippen LogP contribution in [0.25, 0.3) is 10.9 Å². The lowest BCUT2D eigenvalue weighted by Crippen LogP contribution is -2.00. The summed E-state index contributed by atoms with van der Waals surface area (Å²) in [7, 11) is 0. The number of hydrogen-bond donors (Lipinski definition) is 2. The first-order valence-electron chi connectivity index (χ1n) is 6.42. The van der Waals surface area contributed by atoms with Crippen LogP contribution in [0.3, 0.4) is 0 Å². The molecule has 1 aromatic heterocycles. The molecule has 0 amide bonds. The van der Waals surface area contributed by atoms with Crippen molar-refractivity contribution in [3.8, 4) is 0 Å². The number of benzene rings is 2. The van der Waals surface area contributed by atoms with Gasteiger partial charge in [0, 0.05) is 11.1 Å². The van der Waals surface area contributed by atoms with Crippen molar-refractivity contribution < 1.29 is 4.39 Å². The van der Waals surface area contributed by atoms with Gasteiger partial charge in [0.25, 0.3) is 0 Å². The van der Waals surface area contributed by atoms with E-state index in [-0.39, 0.29) is 5.82 Å². The molecule has 0 bridgehead atoms. The second kappa shape index (κ2) is 5.33. The molecule has 0 saturated heterocycles. The number of nitrogens with zero attached hydrogens (tertiary/aromatic N) is 1. The van der Waals surface area contributed by atoms with Crippen LogP contribution in [-0.4, -0.2) is 4.98 Å². The molecule has 0 unspecified atom stereocenters. The number of aryl methyl sites for hydroxylation is 1. The van der Waals surface area contributed by atoms with E-state index in [0.717, 1.165) is 27.8 Å². The van der Waals surface area contributed by atoms with E-state index in [2.05, 4.69) is 26.2 Å². The summed E-state index contributed by atoms with van der Waals surface area (Å²) in [5, 5.41) is 4.22. The van der Waals surface area contributed by atoms with Gasteiger partial charge in [-0.25, -0.2) is 4.39 Å². The summed E-state index contributed by atoms with van der Waals surface area (Å²) in [6, 6.07) is 10.9. The highest BCUT2D eigenvalue weighted by Crippen LogP contribution is 2.33. The second-order valence-corrected chi connectivity index (χ2v) is 5.67. The fourth-order valence-corrected chi connectivity index (χ4v) is 2.56. The Bertz CT molecular complexity index is 833. The Labute approximate surface area is 130 Å². The number of nitrogen functional groups attached to an aromatic ring is 1. The third-order valence-corrected chi connectivity index (χ3v) is 3.94. The van der Waals surface area contributed by atoms with E-state index >= 15 is 0 Å². The molecule has 0 saturated carbocycles. The van der Waals surface area contributed by atoms with E-state index in [4.69, 9.17) is 5.73 Å². The summed E-state index contributed by atoms with van der Waals surface area (Å²) in [6.45, 7) is 1.84. The Morgan fingerprint density at radius 1 is 1.24 bits per heavy atom. The highest BCUT2D eigenvalue weighted by Gasteiger charge is 2.10. The standard InChI is InChI=1S/C16H13BrFN3/c1-9-6-12(18)11(17)7-15(9)21-16-10-4-2-3-5-14(10)20-8-13(16)19/h2-8H,19H2,1H3,(H,20,21). The molecule has 2 aromatic carbocycles. The number of halogens is 2. The molecule has 106 valence electrons. The van der Waals surface area contributed by atoms with Crippen molar-refractivity contribution in [2.24, 2.45) is 0 Å². The lowest BCUT2D eigenvalue weighted by molar-refractivity contribution is 0.620. The maximum absolute atomic E-state index is 13.5. The average Bonchev–Trinajstić information content (AvgIpc) is 2.47.